The van der Waals surface area contributed by atoms with Gasteiger partial charge in [-0.2, -0.15) is 0 Å². The molecular weight excluding hydrogens is 1620 g/mol. The lowest BCUT2D eigenvalue weighted by Gasteiger charge is -2.19. The molecular formula is C129H87N5. The van der Waals surface area contributed by atoms with Crippen LogP contribution in [0.2, 0.25) is 0 Å². The van der Waals surface area contributed by atoms with E-state index in [0.29, 0.717) is 0 Å². The quantitative estimate of drug-likeness (QED) is 0.108. The van der Waals surface area contributed by atoms with E-state index < -0.39 is 0 Å². The van der Waals surface area contributed by atoms with Crippen LogP contribution in [0.25, 0.3) is 237 Å². The van der Waals surface area contributed by atoms with Crippen molar-refractivity contribution in [3.8, 4) is 129 Å². The van der Waals surface area contributed by atoms with E-state index in [9.17, 15) is 0 Å². The molecule has 628 valence electrons. The third-order valence-electron chi connectivity index (χ3n) is 26.7. The van der Waals surface area contributed by atoms with Crippen molar-refractivity contribution in [1.29, 1.82) is 0 Å². The number of rotatable bonds is 13. The van der Waals surface area contributed by atoms with Crippen LogP contribution in [0.4, 0.5) is 0 Å². The zero-order chi connectivity index (χ0) is 88.9. The fourth-order valence-electron chi connectivity index (χ4n) is 20.6. The zero-order valence-corrected chi connectivity index (χ0v) is 73.7. The molecule has 0 bridgehead atoms. The molecule has 0 fully saturated rings. The van der Waals surface area contributed by atoms with Crippen LogP contribution in [0.15, 0.2) is 510 Å². The predicted molar refractivity (Wildman–Crippen MR) is 567 cm³/mol. The molecule has 5 nitrogen and oxygen atoms in total. The summed E-state index contributed by atoms with van der Waals surface area (Å²) in [6.07, 6.45) is 0. The first-order valence-corrected chi connectivity index (χ1v) is 46.0. The number of hydrogen-bond acceptors (Lipinski definition) is 2. The summed E-state index contributed by atoms with van der Waals surface area (Å²) < 4.78 is 6.89. The van der Waals surface area contributed by atoms with E-state index in [1.54, 1.807) is 0 Å². The Morgan fingerprint density at radius 1 is 0.149 bits per heavy atom. The number of aryl methyl sites for hydroxylation is 1. The van der Waals surface area contributed by atoms with Crippen molar-refractivity contribution in [3.63, 3.8) is 0 Å². The van der Waals surface area contributed by atoms with E-state index >= 15 is 0 Å². The summed E-state index contributed by atoms with van der Waals surface area (Å²) in [4.78, 5) is 10.1. The first-order chi connectivity index (χ1) is 66.4. The molecule has 0 N–H and O–H groups in total. The van der Waals surface area contributed by atoms with Gasteiger partial charge in [0.15, 0.2) is 0 Å². The Balaban J connectivity index is 0.000000111. The Morgan fingerprint density at radius 3 is 0.843 bits per heavy atom. The van der Waals surface area contributed by atoms with Crippen LogP contribution in [0.3, 0.4) is 0 Å². The summed E-state index contributed by atoms with van der Waals surface area (Å²) in [5, 5.41) is 18.9. The summed E-state index contributed by atoms with van der Waals surface area (Å²) in [5.74, 6) is 1.88. The van der Waals surface area contributed by atoms with E-state index in [1.807, 2.05) is 12.1 Å². The Morgan fingerprint density at radius 2 is 0.418 bits per heavy atom. The second-order valence-electron chi connectivity index (χ2n) is 34.6. The highest BCUT2D eigenvalue weighted by Gasteiger charge is 2.24. The number of hydrogen-bond donors (Lipinski definition) is 0. The van der Waals surface area contributed by atoms with Gasteiger partial charge in [-0.05, 0) is 256 Å². The van der Waals surface area contributed by atoms with Crippen LogP contribution in [0.1, 0.15) is 5.69 Å². The molecule has 26 rings (SSSR count). The Bertz CT molecular complexity index is 8820. The predicted octanol–water partition coefficient (Wildman–Crippen LogP) is 34.7. The lowest BCUT2D eigenvalue weighted by Crippen LogP contribution is -1.98. The lowest BCUT2D eigenvalue weighted by molar-refractivity contribution is 1.05. The molecule has 0 aliphatic rings. The van der Waals surface area contributed by atoms with Gasteiger partial charge in [-0.3, -0.25) is 9.13 Å². The lowest BCUT2D eigenvalue weighted by atomic mass is 9.85. The molecule has 26 aromatic rings. The second kappa shape index (κ2) is 34.4. The molecule has 3 heterocycles. The van der Waals surface area contributed by atoms with Crippen molar-refractivity contribution in [2.45, 2.75) is 6.92 Å². The minimum atomic E-state index is 0.940. The van der Waals surface area contributed by atoms with Gasteiger partial charge < -0.3 is 4.57 Å². The first-order valence-electron chi connectivity index (χ1n) is 46.0. The van der Waals surface area contributed by atoms with Gasteiger partial charge in [0, 0.05) is 39.3 Å². The van der Waals surface area contributed by atoms with Crippen molar-refractivity contribution in [1.82, 2.24) is 23.7 Å². The highest BCUT2D eigenvalue weighted by molar-refractivity contribution is 6.25. The maximum Gasteiger partial charge on any atom is 0.145 e. The molecule has 0 unspecified atom stereocenters. The second-order valence-corrected chi connectivity index (χ2v) is 34.6. The van der Waals surface area contributed by atoms with Gasteiger partial charge in [-0.25, -0.2) is 9.97 Å². The average molecular weight is 1710 g/mol. The molecule has 0 saturated carbocycles. The van der Waals surface area contributed by atoms with Crippen molar-refractivity contribution < 1.29 is 0 Å². The first kappa shape index (κ1) is 79.7. The Hall–Kier alpha value is -17.6. The van der Waals surface area contributed by atoms with Gasteiger partial charge in [0.25, 0.3) is 0 Å². The fraction of sp³-hybridized carbons (Fsp3) is 0.00775. The molecule has 0 amide bonds. The third-order valence-corrected chi connectivity index (χ3v) is 26.7. The molecule has 23 aromatic carbocycles. The molecule has 3 aromatic heterocycles. The maximum absolute atomic E-state index is 5.06. The van der Waals surface area contributed by atoms with Gasteiger partial charge in [0.2, 0.25) is 0 Å². The van der Waals surface area contributed by atoms with Crippen LogP contribution in [0.5, 0.6) is 0 Å². The summed E-state index contributed by atoms with van der Waals surface area (Å²) in [5.41, 5.74) is 32.0. The molecule has 5 heteroatoms. The number of benzene rings is 23. The van der Waals surface area contributed by atoms with Crippen LogP contribution < -0.4 is 0 Å². The standard InChI is InChI=1S/C45H30N2.C43H28N2.C41H29N/c1-4-14-31(15-5-1)35-26-29-39-40(30-35)44(38-21-11-10-20-37(38)43(39)32-16-6-2-7-17-32)33-24-27-36(28-25-33)47-42-23-13-12-22-41(42)46-45(47)34-18-8-3-9-19-34;1-2-13-31(14-3-1)43-44-39-20-10-11-21-40(39)45(43)34-26-24-30(25-27-34)41-35-16-6-8-18-37(35)42(38-19-9-7-17-36(38)41)33-23-22-29-12-4-5-15-32(29)28-33;1-28-26-33-25-24-32(27-39(33)42(28)34-14-6-3-7-15-34)29-20-22-31(23-21-29)41-37-18-10-8-16-35(37)40(30-12-4-2-5-13-30)36-17-9-11-19-38(36)41/h1-30H;1-28H;2-27H,1H3. The highest BCUT2D eigenvalue weighted by Crippen LogP contribution is 2.50. The van der Waals surface area contributed by atoms with E-state index in [0.717, 1.165) is 56.2 Å². The molecule has 0 aliphatic carbocycles. The van der Waals surface area contributed by atoms with Crippen LogP contribution >= 0.6 is 0 Å². The van der Waals surface area contributed by atoms with Crippen molar-refractivity contribution >= 4 is 108 Å². The molecule has 134 heavy (non-hydrogen) atoms. The fourth-order valence-corrected chi connectivity index (χ4v) is 20.6. The number of nitrogens with zero attached hydrogens (tertiary/aromatic N) is 5. The molecule has 0 saturated heterocycles. The molecule has 0 radical (unpaired) electrons. The molecule has 0 aliphatic heterocycles. The van der Waals surface area contributed by atoms with Crippen molar-refractivity contribution in [2.75, 3.05) is 0 Å². The summed E-state index contributed by atoms with van der Waals surface area (Å²) in [6, 6.07) is 183. The highest BCUT2D eigenvalue weighted by atomic mass is 15.1. The maximum atomic E-state index is 5.06. The Labute approximate surface area is 777 Å². The minimum absolute atomic E-state index is 0.940. The average Bonchev–Trinajstić information content (AvgIpc) is 1.48. The largest absolute Gasteiger partial charge is 0.314 e. The van der Waals surface area contributed by atoms with Crippen LogP contribution in [-0.2, 0) is 0 Å². The summed E-state index contributed by atoms with van der Waals surface area (Å²) >= 11 is 0. The Kier molecular flexibility index (Phi) is 20.5. The zero-order valence-electron chi connectivity index (χ0n) is 73.7. The van der Waals surface area contributed by atoms with Gasteiger partial charge in [-0.15, -0.1) is 0 Å². The van der Waals surface area contributed by atoms with Gasteiger partial charge in [-0.1, -0.05) is 425 Å². The van der Waals surface area contributed by atoms with E-state index in [4.69, 9.17) is 9.97 Å². The van der Waals surface area contributed by atoms with E-state index in [-0.39, 0.29) is 0 Å². The minimum Gasteiger partial charge on any atom is -0.314 e. The van der Waals surface area contributed by atoms with E-state index in [2.05, 4.69) is 518 Å². The number of para-hydroxylation sites is 5. The number of fused-ring (bicyclic) bond motifs is 10. The summed E-state index contributed by atoms with van der Waals surface area (Å²) in [7, 11) is 0. The molecule has 0 atom stereocenters. The number of imidazole rings is 2. The van der Waals surface area contributed by atoms with Crippen LogP contribution in [-0.4, -0.2) is 23.7 Å². The monoisotopic (exact) mass is 1710 g/mol. The third kappa shape index (κ3) is 14.4. The normalized spacial score (nSPS) is 11.5. The van der Waals surface area contributed by atoms with Gasteiger partial charge in [0.1, 0.15) is 11.6 Å². The smallest absolute Gasteiger partial charge is 0.145 e. The number of aromatic nitrogens is 5. The molecule has 0 spiro atoms. The SMILES string of the molecule is Cc1cc2ccc(-c3ccc(-c4c5ccccc5c(-c5ccccc5)c5ccccc45)cc3)cc2n1-c1ccccc1.c1ccc(-c2ccc3c(-c4ccccc4)c4ccccc4c(-c4ccc(-n5c(-c6ccccc6)nc6ccccc65)cc4)c3c2)cc1.c1ccc(-c2nc3ccccc3n2-c2ccc(-c3c4ccccc4c(-c4ccc5ccccc5c4)c4ccccc34)cc2)cc1. The van der Waals surface area contributed by atoms with Gasteiger partial charge in [0.05, 0.1) is 27.6 Å². The topological polar surface area (TPSA) is 40.6 Å². The summed E-state index contributed by atoms with van der Waals surface area (Å²) in [6.45, 7) is 2.18. The van der Waals surface area contributed by atoms with Crippen molar-refractivity contribution in [2.24, 2.45) is 0 Å². The van der Waals surface area contributed by atoms with Gasteiger partial charge >= 0.3 is 0 Å². The van der Waals surface area contributed by atoms with E-state index in [1.165, 1.54) is 187 Å². The van der Waals surface area contributed by atoms with Crippen LogP contribution in [0, 0.1) is 6.92 Å². The van der Waals surface area contributed by atoms with Crippen molar-refractivity contribution in [3.05, 3.63) is 515 Å².